The minimum absolute atomic E-state index is 0.000376. The molecule has 1 aliphatic heterocycles. The molecule has 0 atom stereocenters. The van der Waals surface area contributed by atoms with E-state index in [0.29, 0.717) is 12.3 Å². The number of anilines is 1. The average molecular weight is 428 g/mol. The highest BCUT2D eigenvalue weighted by Gasteiger charge is 2.17. The van der Waals surface area contributed by atoms with Gasteiger partial charge in [-0.15, -0.1) is 0 Å². The van der Waals surface area contributed by atoms with Crippen molar-refractivity contribution in [1.29, 1.82) is 0 Å². The van der Waals surface area contributed by atoms with Crippen LogP contribution in [0.4, 0.5) is 5.13 Å². The molecule has 4 rings (SSSR count). The molecule has 3 aromatic rings. The Bertz CT molecular complexity index is 965. The van der Waals surface area contributed by atoms with Gasteiger partial charge in [0.25, 0.3) is 0 Å². The molecule has 29 heavy (non-hydrogen) atoms. The molecule has 152 valence electrons. The lowest BCUT2D eigenvalue weighted by atomic mass is 10.1. The van der Waals surface area contributed by atoms with E-state index in [2.05, 4.69) is 39.2 Å². The van der Waals surface area contributed by atoms with Gasteiger partial charge in [-0.2, -0.15) is 4.98 Å². The van der Waals surface area contributed by atoms with E-state index in [9.17, 15) is 4.79 Å². The van der Waals surface area contributed by atoms with Gasteiger partial charge >= 0.3 is 0 Å². The van der Waals surface area contributed by atoms with Crippen molar-refractivity contribution in [3.63, 3.8) is 0 Å². The summed E-state index contributed by atoms with van der Waals surface area (Å²) in [5.74, 6) is 0.328. The number of aryl methyl sites for hydroxylation is 1. The normalized spacial score (nSPS) is 14.7. The van der Waals surface area contributed by atoms with Crippen molar-refractivity contribution in [2.24, 2.45) is 0 Å². The number of thiazole rings is 1. The van der Waals surface area contributed by atoms with Crippen LogP contribution in [0.3, 0.4) is 0 Å². The Morgan fingerprint density at radius 3 is 2.66 bits per heavy atom. The van der Waals surface area contributed by atoms with Gasteiger partial charge in [0.05, 0.1) is 5.75 Å². The summed E-state index contributed by atoms with van der Waals surface area (Å²) in [6, 6.07) is 8.19. The first-order valence-corrected chi connectivity index (χ1v) is 11.8. The lowest BCUT2D eigenvalue weighted by molar-refractivity contribution is -0.118. The van der Waals surface area contributed by atoms with Gasteiger partial charge in [0, 0.05) is 19.6 Å². The Balaban J connectivity index is 1.38. The highest BCUT2D eigenvalue weighted by Crippen LogP contribution is 2.34. The minimum atomic E-state index is -0.000376. The maximum Gasteiger partial charge on any atom is 0.230 e. The third-order valence-corrected chi connectivity index (χ3v) is 7.20. The predicted octanol–water partition coefficient (Wildman–Crippen LogP) is 4.18. The number of fused-ring (bicyclic) bond motifs is 1. The second-order valence-electron chi connectivity index (χ2n) is 7.28. The number of thioether (sulfide) groups is 1. The Morgan fingerprint density at radius 1 is 1.14 bits per heavy atom. The molecule has 1 aromatic carbocycles. The number of nitrogens with zero attached hydrogens (tertiary/aromatic N) is 4. The number of aromatic nitrogens is 3. The molecule has 0 aliphatic carbocycles. The molecule has 1 N–H and O–H groups in total. The van der Waals surface area contributed by atoms with E-state index in [1.165, 1.54) is 43.0 Å². The van der Waals surface area contributed by atoms with E-state index in [1.807, 2.05) is 12.1 Å². The maximum atomic E-state index is 12.3. The van der Waals surface area contributed by atoms with Crippen LogP contribution in [0.2, 0.25) is 0 Å². The smallest absolute Gasteiger partial charge is 0.230 e. The van der Waals surface area contributed by atoms with Gasteiger partial charge in [-0.3, -0.25) is 4.79 Å². The number of amides is 1. The number of carbonyl (C=O) groups is 1. The standard InChI is InChI=1S/C21H25N5OS2/c1-15-6-8-16(9-7-15)12-22-17(27)13-28-20-18-19(23-14-24-20)25-21(29-18)26-10-4-2-3-5-11-26/h6-9,14H,2-5,10-13H2,1H3,(H,22,27). The SMILES string of the molecule is Cc1ccc(CNC(=O)CSc2ncnc3nc(N4CCCCCC4)sc23)cc1. The van der Waals surface area contributed by atoms with Crippen molar-refractivity contribution in [2.75, 3.05) is 23.7 Å². The van der Waals surface area contributed by atoms with Crippen molar-refractivity contribution < 1.29 is 4.79 Å². The Morgan fingerprint density at radius 2 is 1.90 bits per heavy atom. The van der Waals surface area contributed by atoms with E-state index in [1.54, 1.807) is 17.7 Å². The molecule has 2 aromatic heterocycles. The Hall–Kier alpha value is -2.19. The van der Waals surface area contributed by atoms with Crippen LogP contribution in [0.15, 0.2) is 35.6 Å². The summed E-state index contributed by atoms with van der Waals surface area (Å²) in [7, 11) is 0. The van der Waals surface area contributed by atoms with E-state index < -0.39 is 0 Å². The van der Waals surface area contributed by atoms with Crippen LogP contribution in [0, 0.1) is 6.92 Å². The molecule has 8 heteroatoms. The quantitative estimate of drug-likeness (QED) is 0.470. The summed E-state index contributed by atoms with van der Waals surface area (Å²) in [6.07, 6.45) is 6.55. The molecule has 3 heterocycles. The van der Waals surface area contributed by atoms with Crippen molar-refractivity contribution in [2.45, 2.75) is 44.2 Å². The Labute approximate surface area is 179 Å². The minimum Gasteiger partial charge on any atom is -0.351 e. The molecule has 1 fully saturated rings. The molecule has 1 aliphatic rings. The fourth-order valence-corrected chi connectivity index (χ4v) is 5.29. The van der Waals surface area contributed by atoms with Crippen molar-refractivity contribution in [3.8, 4) is 0 Å². The molecule has 6 nitrogen and oxygen atoms in total. The topological polar surface area (TPSA) is 71.0 Å². The maximum absolute atomic E-state index is 12.3. The number of hydrogen-bond donors (Lipinski definition) is 1. The van der Waals surface area contributed by atoms with E-state index in [4.69, 9.17) is 4.98 Å². The van der Waals surface area contributed by atoms with Gasteiger partial charge in [-0.1, -0.05) is 65.8 Å². The lowest BCUT2D eigenvalue weighted by Crippen LogP contribution is -2.24. The summed E-state index contributed by atoms with van der Waals surface area (Å²) >= 11 is 3.09. The zero-order chi connectivity index (χ0) is 20.1. The van der Waals surface area contributed by atoms with Gasteiger partial charge < -0.3 is 10.2 Å². The second-order valence-corrected chi connectivity index (χ2v) is 9.22. The average Bonchev–Trinajstić information content (AvgIpc) is 2.99. The number of carbonyl (C=O) groups excluding carboxylic acids is 1. The van der Waals surface area contributed by atoms with Crippen LogP contribution in [0.5, 0.6) is 0 Å². The fraction of sp³-hybridized carbons (Fsp3) is 0.429. The molecule has 1 saturated heterocycles. The monoisotopic (exact) mass is 427 g/mol. The first-order chi connectivity index (χ1) is 14.2. The van der Waals surface area contributed by atoms with E-state index >= 15 is 0 Å². The summed E-state index contributed by atoms with van der Waals surface area (Å²) < 4.78 is 0.975. The molecular weight excluding hydrogens is 402 g/mol. The first kappa shape index (κ1) is 20.1. The highest BCUT2D eigenvalue weighted by molar-refractivity contribution is 8.00. The van der Waals surface area contributed by atoms with E-state index in [-0.39, 0.29) is 5.91 Å². The molecule has 0 unspecified atom stereocenters. The lowest BCUT2D eigenvalue weighted by Gasteiger charge is -2.18. The predicted molar refractivity (Wildman–Crippen MR) is 120 cm³/mol. The van der Waals surface area contributed by atoms with Crippen molar-refractivity contribution in [3.05, 3.63) is 41.7 Å². The van der Waals surface area contributed by atoms with Gasteiger partial charge in [0.2, 0.25) is 5.91 Å². The number of hydrogen-bond acceptors (Lipinski definition) is 7. The summed E-state index contributed by atoms with van der Waals surface area (Å²) in [5, 5.41) is 4.83. The largest absolute Gasteiger partial charge is 0.351 e. The van der Waals surface area contributed by atoms with Crippen LogP contribution in [0.1, 0.15) is 36.8 Å². The number of benzene rings is 1. The number of rotatable bonds is 6. The van der Waals surface area contributed by atoms with Gasteiger partial charge in [-0.25, -0.2) is 9.97 Å². The van der Waals surface area contributed by atoms with E-state index in [0.717, 1.165) is 39.2 Å². The first-order valence-electron chi connectivity index (χ1n) is 10.0. The fourth-order valence-electron chi connectivity index (χ4n) is 3.31. The van der Waals surface area contributed by atoms with Gasteiger partial charge in [-0.05, 0) is 25.3 Å². The molecule has 0 radical (unpaired) electrons. The van der Waals surface area contributed by atoms with Crippen LogP contribution < -0.4 is 10.2 Å². The summed E-state index contributed by atoms with van der Waals surface area (Å²) in [6.45, 7) is 4.70. The molecule has 0 bridgehead atoms. The Kier molecular flexibility index (Phi) is 6.61. The van der Waals surface area contributed by atoms with Crippen molar-refractivity contribution >= 4 is 44.5 Å². The third-order valence-electron chi connectivity index (χ3n) is 4.97. The molecular formula is C21H25N5OS2. The zero-order valence-electron chi connectivity index (χ0n) is 16.6. The summed E-state index contributed by atoms with van der Waals surface area (Å²) in [4.78, 5) is 28.1. The summed E-state index contributed by atoms with van der Waals surface area (Å²) in [5.41, 5.74) is 3.04. The third kappa shape index (κ3) is 5.25. The van der Waals surface area contributed by atoms with Gasteiger partial charge in [0.15, 0.2) is 10.8 Å². The zero-order valence-corrected chi connectivity index (χ0v) is 18.2. The van der Waals surface area contributed by atoms with Crippen LogP contribution in [-0.2, 0) is 11.3 Å². The van der Waals surface area contributed by atoms with Crippen LogP contribution >= 0.6 is 23.1 Å². The van der Waals surface area contributed by atoms with Crippen LogP contribution in [-0.4, -0.2) is 39.7 Å². The number of nitrogens with one attached hydrogen (secondary N) is 1. The molecule has 1 amide bonds. The van der Waals surface area contributed by atoms with Gasteiger partial charge in [0.1, 0.15) is 16.1 Å². The van der Waals surface area contributed by atoms with Crippen molar-refractivity contribution in [1.82, 2.24) is 20.3 Å². The second kappa shape index (κ2) is 9.54. The molecule has 0 spiro atoms. The van der Waals surface area contributed by atoms with Crippen LogP contribution in [0.25, 0.3) is 10.3 Å². The highest BCUT2D eigenvalue weighted by atomic mass is 32.2. The molecule has 0 saturated carbocycles.